The maximum Gasteiger partial charge on any atom is -0.147 e. The summed E-state index contributed by atoms with van der Waals surface area (Å²) < 4.78 is 0. The molecule has 0 amide bonds. The molecule has 0 aliphatic carbocycles. The molecule has 0 aliphatic rings. The molecule has 0 aromatic rings. The average Bonchev–Trinajstić information content (AvgIpc) is 0.918. The molecule has 4 heavy (non-hydrogen) atoms. The summed E-state index contributed by atoms with van der Waals surface area (Å²) in [7, 11) is 0. The van der Waals surface area contributed by atoms with Crippen molar-refractivity contribution in [3.63, 3.8) is 0 Å². The smallest absolute Gasteiger partial charge is 0.147 e. The van der Waals surface area contributed by atoms with Crippen molar-refractivity contribution in [3.8, 4) is 0 Å². The van der Waals surface area contributed by atoms with E-state index < -0.39 is 0 Å². The van der Waals surface area contributed by atoms with Gasteiger partial charge in [-0.05, 0) is 0 Å². The first-order valence-corrected chi connectivity index (χ1v) is 2.83. The summed E-state index contributed by atoms with van der Waals surface area (Å²) in [5, 5.41) is 0. The Labute approximate surface area is 43.3 Å². The zero-order chi connectivity index (χ0) is 2.71. The summed E-state index contributed by atoms with van der Waals surface area (Å²) in [6.45, 7) is 2.15. The monoisotopic (exact) mass is 134 g/mol. The van der Waals surface area contributed by atoms with Gasteiger partial charge in [0.2, 0.25) is 0 Å². The molecule has 0 saturated carbocycles. The summed E-state index contributed by atoms with van der Waals surface area (Å²) >= 11 is 1.78. The molecule has 0 aromatic carbocycles. The summed E-state index contributed by atoms with van der Waals surface area (Å²) in [6, 6.07) is 0. The Morgan fingerprint density at radius 2 is 1.75 bits per heavy atom. The van der Waals surface area contributed by atoms with Gasteiger partial charge >= 0.3 is 30.5 Å². The van der Waals surface area contributed by atoms with Crippen LogP contribution in [0.1, 0.15) is 6.92 Å². The summed E-state index contributed by atoms with van der Waals surface area (Å²) in [5.74, 6) is 0. The molecular weight excluding hydrogens is 129 g/mol. The van der Waals surface area contributed by atoms with Crippen LogP contribution in [0.4, 0.5) is 0 Å². The quantitative estimate of drug-likeness (QED) is 0.435. The van der Waals surface area contributed by atoms with E-state index in [4.69, 9.17) is 0 Å². The fourth-order valence-corrected chi connectivity index (χ4v) is 0. The van der Waals surface area contributed by atoms with Gasteiger partial charge in [-0.25, -0.2) is 0 Å². The molecule has 0 rings (SSSR count). The van der Waals surface area contributed by atoms with Crippen molar-refractivity contribution in [2.45, 2.75) is 11.9 Å². The van der Waals surface area contributed by atoms with Crippen molar-refractivity contribution in [1.82, 2.24) is 0 Å². The molecule has 2 heteroatoms. The van der Waals surface area contributed by atoms with Crippen LogP contribution in [-0.2, 0) is 0 Å². The predicted octanol–water partition coefficient (Wildman–Crippen LogP) is 1.01. The molecule has 0 nitrogen and oxygen atoms in total. The van der Waals surface area contributed by atoms with E-state index in [1.165, 1.54) is 4.98 Å². The minimum Gasteiger partial charge on any atom is -0.147 e. The van der Waals surface area contributed by atoms with Crippen LogP contribution < -0.4 is 0 Å². The van der Waals surface area contributed by atoms with Crippen LogP contribution in [0.25, 0.3) is 0 Å². The van der Waals surface area contributed by atoms with Gasteiger partial charge in [0.1, 0.15) is 0 Å². The maximum atomic E-state index is 2.15. The van der Waals surface area contributed by atoms with E-state index in [-0.39, 0.29) is 12.4 Å². The van der Waals surface area contributed by atoms with Gasteiger partial charge in [-0.2, -0.15) is 0 Å². The van der Waals surface area contributed by atoms with E-state index >= 15 is 0 Å². The molecule has 0 aliphatic heterocycles. The molecule has 0 fully saturated rings. The fourth-order valence-electron chi connectivity index (χ4n) is 0. The molecule has 0 atom stereocenters. The second kappa shape index (κ2) is 9.06. The van der Waals surface area contributed by atoms with Crippen LogP contribution in [0.3, 0.4) is 0 Å². The van der Waals surface area contributed by atoms with Crippen molar-refractivity contribution in [3.05, 3.63) is 0 Å². The molecule has 2 radical (unpaired) electrons. The topological polar surface area (TPSA) is 0 Å². The largest absolute Gasteiger partial charge is 0.147 e. The average molecular weight is 135 g/mol. The summed E-state index contributed by atoms with van der Waals surface area (Å²) in [4.78, 5) is 1.31. The Balaban J connectivity index is 0. The van der Waals surface area contributed by atoms with E-state index in [2.05, 4.69) is 6.92 Å². The molecule has 0 heterocycles. The third kappa shape index (κ3) is 12.7. The van der Waals surface area contributed by atoms with E-state index in [0.29, 0.717) is 0 Å². The first-order valence-electron chi connectivity index (χ1n) is 1.12. The van der Waals surface area contributed by atoms with Gasteiger partial charge in [0.25, 0.3) is 0 Å². The molecule has 0 unspecified atom stereocenters. The zero-order valence-electron chi connectivity index (χ0n) is 2.69. The number of hydrogen-bond acceptors (Lipinski definition) is 0. The second-order valence-electron chi connectivity index (χ2n) is 0.408. The minimum atomic E-state index is 0. The molecule has 0 saturated heterocycles. The van der Waals surface area contributed by atoms with Crippen LogP contribution in [-0.4, -0.2) is 18.6 Å². The number of rotatable bonds is 0. The van der Waals surface area contributed by atoms with Gasteiger partial charge in [-0.1, -0.05) is 0 Å². The number of halogens is 1. The predicted molar refractivity (Wildman–Crippen MR) is 23.5 cm³/mol. The Bertz CT molecular complexity index is 6.00. The van der Waals surface area contributed by atoms with Gasteiger partial charge in [-0.3, -0.25) is 0 Å². The Kier molecular flexibility index (Phi) is 20.1. The zero-order valence-corrected chi connectivity index (χ0v) is 5.93. The van der Waals surface area contributed by atoms with Crippen molar-refractivity contribution in [2.24, 2.45) is 0 Å². The van der Waals surface area contributed by atoms with Gasteiger partial charge in [0.05, 0.1) is 0 Å². The first kappa shape index (κ1) is 8.87. The van der Waals surface area contributed by atoms with Gasteiger partial charge in [-0.15, -0.1) is 12.4 Å². The molecule has 24 valence electrons. The minimum absolute atomic E-state index is 0. The van der Waals surface area contributed by atoms with Crippen LogP contribution in [0.2, 0.25) is 4.98 Å². The normalized spacial score (nSPS) is 4.25. The molecule has 0 spiro atoms. The van der Waals surface area contributed by atoms with Gasteiger partial charge < -0.3 is 0 Å². The van der Waals surface area contributed by atoms with E-state index in [1.807, 2.05) is 0 Å². The standard InChI is InChI=1S/C2H5.ClH.Ga/c1-2;;/h1H2,2H3;1H;. The van der Waals surface area contributed by atoms with E-state index in [0.717, 1.165) is 0 Å². The third-order valence-electron chi connectivity index (χ3n) is 0. The van der Waals surface area contributed by atoms with Crippen molar-refractivity contribution < 1.29 is 0 Å². The first-order chi connectivity index (χ1) is 1.41. The van der Waals surface area contributed by atoms with Crippen LogP contribution in [0.5, 0.6) is 0 Å². The molecule has 0 bridgehead atoms. The molecular formula is C2H6ClGa. The van der Waals surface area contributed by atoms with Gasteiger partial charge in [0, 0.05) is 0 Å². The summed E-state index contributed by atoms with van der Waals surface area (Å²) in [6.07, 6.45) is 0. The van der Waals surface area contributed by atoms with Crippen molar-refractivity contribution in [1.29, 1.82) is 0 Å². The Hall–Kier alpha value is 0.926. The van der Waals surface area contributed by atoms with Crippen LogP contribution in [0, 0.1) is 0 Å². The van der Waals surface area contributed by atoms with Crippen molar-refractivity contribution >= 4 is 31.0 Å². The van der Waals surface area contributed by atoms with E-state index in [9.17, 15) is 0 Å². The number of hydrogen-bond donors (Lipinski definition) is 0. The second-order valence-corrected chi connectivity index (χ2v) is 2.12. The van der Waals surface area contributed by atoms with Crippen LogP contribution >= 0.6 is 12.4 Å². The Morgan fingerprint density at radius 1 is 1.75 bits per heavy atom. The fraction of sp³-hybridized carbons (Fsp3) is 1.00. The maximum absolute atomic E-state index is 2.15. The summed E-state index contributed by atoms with van der Waals surface area (Å²) in [5.41, 5.74) is 0. The SMILES string of the molecule is C[CH2][Ga].Cl. The van der Waals surface area contributed by atoms with Crippen LogP contribution in [0.15, 0.2) is 0 Å². The molecule has 0 aromatic heterocycles. The van der Waals surface area contributed by atoms with E-state index in [1.54, 1.807) is 18.6 Å². The van der Waals surface area contributed by atoms with Crippen molar-refractivity contribution in [2.75, 3.05) is 0 Å². The van der Waals surface area contributed by atoms with Gasteiger partial charge in [0.15, 0.2) is 0 Å². The Morgan fingerprint density at radius 3 is 1.75 bits per heavy atom. The third-order valence-corrected chi connectivity index (χ3v) is 0. The molecule has 0 N–H and O–H groups in total.